The lowest BCUT2D eigenvalue weighted by Gasteiger charge is -2.32. The van der Waals surface area contributed by atoms with Gasteiger partial charge in [0.25, 0.3) is 0 Å². The van der Waals surface area contributed by atoms with Crippen LogP contribution in [-0.2, 0) is 17.9 Å². The molecular weight excluding hydrogens is 340 g/mol. The van der Waals surface area contributed by atoms with Crippen LogP contribution in [-0.4, -0.2) is 58.5 Å². The average molecular weight is 364 g/mol. The number of aromatic nitrogens is 2. The van der Waals surface area contributed by atoms with Gasteiger partial charge in [-0.3, -0.25) is 4.79 Å². The molecule has 1 saturated heterocycles. The summed E-state index contributed by atoms with van der Waals surface area (Å²) in [4.78, 5) is 21.7. The van der Waals surface area contributed by atoms with Crippen molar-refractivity contribution in [1.82, 2.24) is 19.4 Å². The molecule has 4 rings (SSSR count). The predicted octanol–water partition coefficient (Wildman–Crippen LogP) is 2.39. The van der Waals surface area contributed by atoms with Gasteiger partial charge in [0, 0.05) is 26.2 Å². The molecule has 0 unspecified atom stereocenters. The Labute approximate surface area is 159 Å². The minimum absolute atomic E-state index is 0.132. The van der Waals surface area contributed by atoms with Gasteiger partial charge in [0.1, 0.15) is 24.7 Å². The highest BCUT2D eigenvalue weighted by molar-refractivity contribution is 5.81. The summed E-state index contributed by atoms with van der Waals surface area (Å²) in [6.07, 6.45) is 0. The molecule has 1 amide bonds. The monoisotopic (exact) mass is 364 g/mol. The van der Waals surface area contributed by atoms with Crippen molar-refractivity contribution in [2.24, 2.45) is 0 Å². The molecule has 0 aliphatic carbocycles. The Morgan fingerprint density at radius 1 is 1.00 bits per heavy atom. The SMILES string of the molecule is CN1CCN(C(=O)Cn2c(COc3ccccc3)nc3ccccc32)CC1. The average Bonchev–Trinajstić information content (AvgIpc) is 3.05. The molecule has 0 saturated carbocycles. The van der Waals surface area contributed by atoms with E-state index in [0.717, 1.165) is 48.8 Å². The zero-order valence-electron chi connectivity index (χ0n) is 15.5. The largest absolute Gasteiger partial charge is 0.486 e. The first-order chi connectivity index (χ1) is 13.2. The molecule has 1 aliphatic rings. The third-order valence-electron chi connectivity index (χ3n) is 4.99. The van der Waals surface area contributed by atoms with Crippen molar-refractivity contribution < 1.29 is 9.53 Å². The lowest BCUT2D eigenvalue weighted by Crippen LogP contribution is -2.48. The molecule has 1 aromatic heterocycles. The Morgan fingerprint density at radius 3 is 2.48 bits per heavy atom. The van der Waals surface area contributed by atoms with Gasteiger partial charge in [-0.05, 0) is 31.3 Å². The lowest BCUT2D eigenvalue weighted by atomic mass is 10.3. The van der Waals surface area contributed by atoms with Crippen molar-refractivity contribution in [3.05, 3.63) is 60.4 Å². The summed E-state index contributed by atoms with van der Waals surface area (Å²) in [5.74, 6) is 1.69. The van der Waals surface area contributed by atoms with Crippen LogP contribution in [0, 0.1) is 0 Å². The number of likely N-dealkylation sites (N-methyl/N-ethyl adjacent to an activating group) is 1. The topological polar surface area (TPSA) is 50.6 Å². The molecule has 2 heterocycles. The number of carbonyl (C=O) groups is 1. The predicted molar refractivity (Wildman–Crippen MR) is 105 cm³/mol. The molecule has 0 radical (unpaired) electrons. The number of nitrogens with zero attached hydrogens (tertiary/aromatic N) is 4. The van der Waals surface area contributed by atoms with Crippen LogP contribution in [0.5, 0.6) is 5.75 Å². The molecule has 27 heavy (non-hydrogen) atoms. The van der Waals surface area contributed by atoms with Crippen molar-refractivity contribution in [3.63, 3.8) is 0 Å². The third kappa shape index (κ3) is 3.95. The van der Waals surface area contributed by atoms with E-state index in [-0.39, 0.29) is 12.5 Å². The number of amides is 1. The Hall–Kier alpha value is -2.86. The number of hydrogen-bond acceptors (Lipinski definition) is 4. The van der Waals surface area contributed by atoms with Crippen LogP contribution < -0.4 is 4.74 Å². The lowest BCUT2D eigenvalue weighted by molar-refractivity contribution is -0.133. The van der Waals surface area contributed by atoms with Gasteiger partial charge in [-0.2, -0.15) is 0 Å². The molecule has 6 heteroatoms. The number of piperazine rings is 1. The standard InChI is InChI=1S/C21H24N4O2/c1-23-11-13-24(14-12-23)21(26)15-25-19-10-6-5-9-18(19)22-20(25)16-27-17-7-3-2-4-8-17/h2-10H,11-16H2,1H3. The second-order valence-electron chi connectivity index (χ2n) is 6.89. The van der Waals surface area contributed by atoms with E-state index in [2.05, 4.69) is 11.9 Å². The van der Waals surface area contributed by atoms with Crippen LogP contribution in [0.25, 0.3) is 11.0 Å². The van der Waals surface area contributed by atoms with Crippen LogP contribution in [0.1, 0.15) is 5.82 Å². The maximum absolute atomic E-state index is 12.9. The first-order valence-corrected chi connectivity index (χ1v) is 9.29. The molecule has 0 N–H and O–H groups in total. The molecule has 1 aliphatic heterocycles. The Kier molecular flexibility index (Phi) is 5.07. The maximum atomic E-state index is 12.9. The van der Waals surface area contributed by atoms with E-state index >= 15 is 0 Å². The van der Waals surface area contributed by atoms with Crippen molar-refractivity contribution in [2.45, 2.75) is 13.2 Å². The summed E-state index contributed by atoms with van der Waals surface area (Å²) >= 11 is 0. The van der Waals surface area contributed by atoms with E-state index in [4.69, 9.17) is 9.72 Å². The van der Waals surface area contributed by atoms with Crippen LogP contribution in [0.3, 0.4) is 0 Å². The first-order valence-electron chi connectivity index (χ1n) is 9.29. The van der Waals surface area contributed by atoms with Gasteiger partial charge in [0.15, 0.2) is 0 Å². The molecule has 2 aromatic carbocycles. The number of benzene rings is 2. The number of carbonyl (C=O) groups excluding carboxylic acids is 1. The second-order valence-corrected chi connectivity index (χ2v) is 6.89. The number of ether oxygens (including phenoxy) is 1. The first kappa shape index (κ1) is 17.5. The maximum Gasteiger partial charge on any atom is 0.242 e. The van der Waals surface area contributed by atoms with E-state index in [9.17, 15) is 4.79 Å². The molecule has 0 atom stereocenters. The van der Waals surface area contributed by atoms with Gasteiger partial charge < -0.3 is 19.1 Å². The highest BCUT2D eigenvalue weighted by Crippen LogP contribution is 2.19. The highest BCUT2D eigenvalue weighted by Gasteiger charge is 2.21. The summed E-state index contributed by atoms with van der Waals surface area (Å²) in [5.41, 5.74) is 1.85. The van der Waals surface area contributed by atoms with Crippen molar-refractivity contribution in [1.29, 1.82) is 0 Å². The summed E-state index contributed by atoms with van der Waals surface area (Å²) in [6.45, 7) is 4.00. The highest BCUT2D eigenvalue weighted by atomic mass is 16.5. The normalized spacial score (nSPS) is 15.2. The van der Waals surface area contributed by atoms with Crippen LogP contribution in [0.4, 0.5) is 0 Å². The Morgan fingerprint density at radius 2 is 1.70 bits per heavy atom. The van der Waals surface area contributed by atoms with Gasteiger partial charge >= 0.3 is 0 Å². The Balaban J connectivity index is 1.55. The zero-order valence-corrected chi connectivity index (χ0v) is 15.5. The fourth-order valence-electron chi connectivity index (χ4n) is 3.37. The molecule has 3 aromatic rings. The quantitative estimate of drug-likeness (QED) is 0.698. The third-order valence-corrected chi connectivity index (χ3v) is 4.99. The van der Waals surface area contributed by atoms with E-state index in [1.165, 1.54) is 0 Å². The molecule has 1 fully saturated rings. The van der Waals surface area contributed by atoms with Gasteiger partial charge in [-0.15, -0.1) is 0 Å². The van der Waals surface area contributed by atoms with E-state index in [1.807, 2.05) is 64.1 Å². The van der Waals surface area contributed by atoms with Crippen molar-refractivity contribution >= 4 is 16.9 Å². The fourth-order valence-corrected chi connectivity index (χ4v) is 3.37. The number of para-hydroxylation sites is 3. The fraction of sp³-hybridized carbons (Fsp3) is 0.333. The smallest absolute Gasteiger partial charge is 0.242 e. The molecular formula is C21H24N4O2. The van der Waals surface area contributed by atoms with E-state index < -0.39 is 0 Å². The Bertz CT molecular complexity index is 914. The van der Waals surface area contributed by atoms with Gasteiger partial charge in [0.05, 0.1) is 11.0 Å². The van der Waals surface area contributed by atoms with Crippen LogP contribution >= 0.6 is 0 Å². The molecule has 0 bridgehead atoms. The van der Waals surface area contributed by atoms with Gasteiger partial charge in [-0.1, -0.05) is 30.3 Å². The van der Waals surface area contributed by atoms with Crippen LogP contribution in [0.15, 0.2) is 54.6 Å². The summed E-state index contributed by atoms with van der Waals surface area (Å²) < 4.78 is 7.87. The number of hydrogen-bond donors (Lipinski definition) is 0. The summed E-state index contributed by atoms with van der Waals surface area (Å²) in [7, 11) is 2.09. The van der Waals surface area contributed by atoms with Crippen molar-refractivity contribution in [3.8, 4) is 5.75 Å². The minimum atomic E-state index is 0.132. The minimum Gasteiger partial charge on any atom is -0.486 e. The number of fused-ring (bicyclic) bond motifs is 1. The number of rotatable bonds is 5. The second kappa shape index (κ2) is 7.80. The summed E-state index contributed by atoms with van der Waals surface area (Å²) in [5, 5.41) is 0. The van der Waals surface area contributed by atoms with Crippen molar-refractivity contribution in [2.75, 3.05) is 33.2 Å². The molecule has 140 valence electrons. The molecule has 0 spiro atoms. The van der Waals surface area contributed by atoms with Gasteiger partial charge in [0.2, 0.25) is 5.91 Å². The zero-order chi connectivity index (χ0) is 18.6. The number of imidazole rings is 1. The van der Waals surface area contributed by atoms with Crippen LogP contribution in [0.2, 0.25) is 0 Å². The molecule has 6 nitrogen and oxygen atoms in total. The van der Waals surface area contributed by atoms with E-state index in [1.54, 1.807) is 0 Å². The van der Waals surface area contributed by atoms with Gasteiger partial charge in [-0.25, -0.2) is 4.98 Å². The van der Waals surface area contributed by atoms with E-state index in [0.29, 0.717) is 6.61 Å². The summed E-state index contributed by atoms with van der Waals surface area (Å²) in [6, 6.07) is 17.6.